The summed E-state index contributed by atoms with van der Waals surface area (Å²) in [4.78, 5) is 0. The first-order valence-electron chi connectivity index (χ1n) is 5.26. The van der Waals surface area contributed by atoms with Crippen molar-refractivity contribution in [3.8, 4) is 0 Å². The van der Waals surface area contributed by atoms with Crippen molar-refractivity contribution in [1.29, 1.82) is 0 Å². The first kappa shape index (κ1) is 11.2. The van der Waals surface area contributed by atoms with Crippen molar-refractivity contribution in [2.45, 2.75) is 25.0 Å². The van der Waals surface area contributed by atoms with Crippen LogP contribution in [0.3, 0.4) is 0 Å². The molecule has 16 heavy (non-hydrogen) atoms. The van der Waals surface area contributed by atoms with Gasteiger partial charge in [0.2, 0.25) is 5.89 Å². The zero-order valence-electron chi connectivity index (χ0n) is 9.43. The van der Waals surface area contributed by atoms with Crippen LogP contribution in [-0.4, -0.2) is 16.5 Å². The molecule has 0 unspecified atom stereocenters. The third-order valence-corrected chi connectivity index (χ3v) is 2.92. The molecule has 0 N–H and O–H groups in total. The number of hydrogen-bond acceptors (Lipinski definition) is 4. The first-order chi connectivity index (χ1) is 7.81. The van der Waals surface area contributed by atoms with E-state index in [1.54, 1.807) is 0 Å². The van der Waals surface area contributed by atoms with Crippen LogP contribution in [0.4, 0.5) is 0 Å². The van der Waals surface area contributed by atoms with E-state index in [4.69, 9.17) is 4.42 Å². The number of aryl methyl sites for hydroxylation is 1. The molecule has 0 atom stereocenters. The normalized spacial score (nSPS) is 10.6. The molecule has 1 aromatic heterocycles. The van der Waals surface area contributed by atoms with E-state index in [1.165, 1.54) is 22.9 Å². The van der Waals surface area contributed by atoms with E-state index >= 15 is 0 Å². The lowest BCUT2D eigenvalue weighted by Gasteiger charge is -1.99. The lowest BCUT2D eigenvalue weighted by atomic mass is 10.1. The van der Waals surface area contributed by atoms with Crippen molar-refractivity contribution in [2.75, 3.05) is 6.26 Å². The van der Waals surface area contributed by atoms with Crippen LogP contribution in [0, 0.1) is 0 Å². The Morgan fingerprint density at radius 1 is 1.12 bits per heavy atom. The molecule has 0 saturated carbocycles. The van der Waals surface area contributed by atoms with Gasteiger partial charge in [-0.2, -0.15) is 0 Å². The monoisotopic (exact) mass is 234 g/mol. The summed E-state index contributed by atoms with van der Waals surface area (Å²) in [5, 5.41) is 8.52. The fourth-order valence-electron chi connectivity index (χ4n) is 1.46. The van der Waals surface area contributed by atoms with Gasteiger partial charge < -0.3 is 4.42 Å². The quantitative estimate of drug-likeness (QED) is 0.762. The van der Waals surface area contributed by atoms with Crippen molar-refractivity contribution in [1.82, 2.24) is 10.2 Å². The number of aromatic nitrogens is 2. The largest absolute Gasteiger partial charge is 0.416 e. The minimum absolute atomic E-state index is 0.625. The van der Waals surface area contributed by atoms with E-state index in [9.17, 15) is 0 Å². The second kappa shape index (κ2) is 5.16. The highest BCUT2D eigenvalue weighted by Crippen LogP contribution is 2.15. The average molecular weight is 234 g/mol. The third-order valence-electron chi connectivity index (χ3n) is 2.41. The van der Waals surface area contributed by atoms with E-state index in [2.05, 4.69) is 41.4 Å². The van der Waals surface area contributed by atoms with Crippen LogP contribution < -0.4 is 0 Å². The van der Waals surface area contributed by atoms with E-state index in [-0.39, 0.29) is 0 Å². The van der Waals surface area contributed by atoms with Crippen LogP contribution in [-0.2, 0) is 12.8 Å². The molecule has 2 aromatic rings. The van der Waals surface area contributed by atoms with Gasteiger partial charge in [0.15, 0.2) is 0 Å². The van der Waals surface area contributed by atoms with Gasteiger partial charge in [-0.15, -0.1) is 10.2 Å². The van der Waals surface area contributed by atoms with Crippen LogP contribution in [0.25, 0.3) is 0 Å². The highest BCUT2D eigenvalue weighted by Gasteiger charge is 2.05. The summed E-state index contributed by atoms with van der Waals surface area (Å²) in [6.45, 7) is 2.15. The van der Waals surface area contributed by atoms with Gasteiger partial charge in [0.05, 0.1) is 6.42 Å². The summed E-state index contributed by atoms with van der Waals surface area (Å²) in [5.41, 5.74) is 2.55. The fraction of sp³-hybridized carbons (Fsp3) is 0.333. The third kappa shape index (κ3) is 2.64. The molecule has 84 valence electrons. The van der Waals surface area contributed by atoms with E-state index in [0.29, 0.717) is 17.5 Å². The molecule has 0 aliphatic rings. The number of thioether (sulfide) groups is 1. The zero-order chi connectivity index (χ0) is 11.4. The highest BCUT2D eigenvalue weighted by molar-refractivity contribution is 7.98. The van der Waals surface area contributed by atoms with Crippen molar-refractivity contribution in [2.24, 2.45) is 0 Å². The number of hydrogen-bond donors (Lipinski definition) is 0. The van der Waals surface area contributed by atoms with Gasteiger partial charge >= 0.3 is 0 Å². The van der Waals surface area contributed by atoms with Crippen LogP contribution in [0.5, 0.6) is 0 Å². The summed E-state index contributed by atoms with van der Waals surface area (Å²) in [6.07, 6.45) is 3.70. The maximum Gasteiger partial charge on any atom is 0.276 e. The molecule has 1 aromatic carbocycles. The lowest BCUT2D eigenvalue weighted by Crippen LogP contribution is -1.89. The second-order valence-electron chi connectivity index (χ2n) is 3.51. The molecule has 2 rings (SSSR count). The Labute approximate surface area is 99.3 Å². The van der Waals surface area contributed by atoms with Gasteiger partial charge in [-0.05, 0) is 23.8 Å². The Kier molecular flexibility index (Phi) is 3.62. The van der Waals surface area contributed by atoms with Crippen LogP contribution in [0.2, 0.25) is 0 Å². The van der Waals surface area contributed by atoms with Gasteiger partial charge in [0.25, 0.3) is 5.22 Å². The standard InChI is InChI=1S/C12H14N2OS/c1-3-9-4-6-10(7-5-9)8-11-13-14-12(15-11)16-2/h4-7H,3,8H2,1-2H3. The molecule has 0 bridgehead atoms. The van der Waals surface area contributed by atoms with Crippen molar-refractivity contribution >= 4 is 11.8 Å². The Balaban J connectivity index is 2.08. The SMILES string of the molecule is CCc1ccc(Cc2nnc(SC)o2)cc1. The molecule has 0 aliphatic carbocycles. The van der Waals surface area contributed by atoms with Crippen molar-refractivity contribution < 1.29 is 4.42 Å². The molecule has 0 radical (unpaired) electrons. The average Bonchev–Trinajstić information content (AvgIpc) is 2.78. The minimum atomic E-state index is 0.625. The number of nitrogens with zero attached hydrogens (tertiary/aromatic N) is 2. The van der Waals surface area contributed by atoms with Crippen LogP contribution in [0.15, 0.2) is 33.9 Å². The van der Waals surface area contributed by atoms with Crippen LogP contribution in [0.1, 0.15) is 23.9 Å². The summed E-state index contributed by atoms with van der Waals surface area (Å²) >= 11 is 1.47. The first-order valence-corrected chi connectivity index (χ1v) is 6.48. The molecule has 1 heterocycles. The minimum Gasteiger partial charge on any atom is -0.416 e. The lowest BCUT2D eigenvalue weighted by molar-refractivity contribution is 0.421. The molecule has 4 heteroatoms. The molecular formula is C12H14N2OS. The smallest absolute Gasteiger partial charge is 0.276 e. The van der Waals surface area contributed by atoms with E-state index in [0.717, 1.165) is 6.42 Å². The number of rotatable bonds is 4. The highest BCUT2D eigenvalue weighted by atomic mass is 32.2. The van der Waals surface area contributed by atoms with Crippen molar-refractivity contribution in [3.05, 3.63) is 41.3 Å². The maximum atomic E-state index is 5.43. The second-order valence-corrected chi connectivity index (χ2v) is 4.27. The van der Waals surface area contributed by atoms with E-state index in [1.807, 2.05) is 6.26 Å². The Hall–Kier alpha value is -1.29. The molecule has 0 amide bonds. The Morgan fingerprint density at radius 2 is 1.81 bits per heavy atom. The fourth-order valence-corrected chi connectivity index (χ4v) is 1.76. The van der Waals surface area contributed by atoms with Gasteiger partial charge in [0.1, 0.15) is 0 Å². The Morgan fingerprint density at radius 3 is 2.38 bits per heavy atom. The topological polar surface area (TPSA) is 38.9 Å². The van der Waals surface area contributed by atoms with E-state index < -0.39 is 0 Å². The van der Waals surface area contributed by atoms with Gasteiger partial charge in [-0.3, -0.25) is 0 Å². The molecule has 3 nitrogen and oxygen atoms in total. The van der Waals surface area contributed by atoms with Gasteiger partial charge in [0, 0.05) is 0 Å². The predicted molar refractivity (Wildman–Crippen MR) is 64.7 cm³/mol. The molecule has 0 fully saturated rings. The van der Waals surface area contributed by atoms with Crippen molar-refractivity contribution in [3.63, 3.8) is 0 Å². The van der Waals surface area contributed by atoms with Gasteiger partial charge in [-0.25, -0.2) is 0 Å². The molecule has 0 aliphatic heterocycles. The van der Waals surface area contributed by atoms with Gasteiger partial charge in [-0.1, -0.05) is 43.0 Å². The molecule has 0 saturated heterocycles. The summed E-state index contributed by atoms with van der Waals surface area (Å²) in [5.74, 6) is 0.675. The zero-order valence-corrected chi connectivity index (χ0v) is 10.3. The summed E-state index contributed by atoms with van der Waals surface area (Å²) in [6, 6.07) is 8.51. The molecule has 0 spiro atoms. The predicted octanol–water partition coefficient (Wildman–Crippen LogP) is 2.94. The van der Waals surface area contributed by atoms with Crippen LogP contribution >= 0.6 is 11.8 Å². The molecular weight excluding hydrogens is 220 g/mol. The number of benzene rings is 1. The summed E-state index contributed by atoms with van der Waals surface area (Å²) in [7, 11) is 0. The Bertz CT molecular complexity index is 450. The maximum absolute atomic E-state index is 5.43. The summed E-state index contributed by atoms with van der Waals surface area (Å²) < 4.78 is 5.43.